The minimum atomic E-state index is -5.14. The van der Waals surface area contributed by atoms with Crippen LogP contribution in [0.25, 0.3) is 0 Å². The molecule has 2 aromatic carbocycles. The number of aromatic nitrogens is 4. The summed E-state index contributed by atoms with van der Waals surface area (Å²) in [6, 6.07) is 1.87. The van der Waals surface area contributed by atoms with E-state index in [0.29, 0.717) is 12.1 Å². The average Bonchev–Trinajstić information content (AvgIpc) is 3.44. The largest absolute Gasteiger partial charge is 0.446 e. The fraction of sp³-hybridized carbons (Fsp3) is 0.533. The van der Waals surface area contributed by atoms with E-state index in [1.807, 2.05) is 0 Å². The van der Waals surface area contributed by atoms with Gasteiger partial charge in [0.15, 0.2) is 0 Å². The highest BCUT2D eigenvalue weighted by Crippen LogP contribution is 2.46. The molecule has 47 heavy (non-hydrogen) atoms. The van der Waals surface area contributed by atoms with Gasteiger partial charge in [0.2, 0.25) is 0 Å². The number of fused-ring (bicyclic) bond motifs is 1. The Hall–Kier alpha value is -4.05. The van der Waals surface area contributed by atoms with Gasteiger partial charge in [0, 0.05) is 12.6 Å². The lowest BCUT2D eigenvalue weighted by atomic mass is 9.87. The van der Waals surface area contributed by atoms with Crippen LogP contribution in [0.2, 0.25) is 0 Å². The van der Waals surface area contributed by atoms with Gasteiger partial charge in [0.05, 0.1) is 40.1 Å². The van der Waals surface area contributed by atoms with Crippen molar-refractivity contribution in [3.63, 3.8) is 0 Å². The number of nitrogens with zero attached hydrogens (tertiary/aromatic N) is 6. The first-order chi connectivity index (χ1) is 21.5. The quantitative estimate of drug-likeness (QED) is 0.243. The highest BCUT2D eigenvalue weighted by molar-refractivity contribution is 5.90. The SMILES string of the molecule is CC[C@@H]1C[C@H](N(Cc2cc(C(F)(F)F)cc(C(F)(F)F)c2)c2nnn(C(C)(C)C)n2)c2cc(C(F)(F)F)ccc2N1C(=O)OC(C)C. The Morgan fingerprint density at radius 2 is 1.49 bits per heavy atom. The zero-order valence-electron chi connectivity index (χ0n) is 26.2. The normalized spacial score (nSPS) is 17.6. The first kappa shape index (κ1) is 35.8. The Kier molecular flexibility index (Phi) is 9.54. The molecule has 0 fully saturated rings. The van der Waals surface area contributed by atoms with Crippen LogP contribution in [0.5, 0.6) is 0 Å². The number of hydrogen-bond donors (Lipinski definition) is 0. The van der Waals surface area contributed by atoms with E-state index in [2.05, 4.69) is 15.4 Å². The number of carbonyl (C=O) groups is 1. The van der Waals surface area contributed by atoms with Crippen molar-refractivity contribution in [2.75, 3.05) is 9.80 Å². The molecular formula is C30H33F9N6O2. The maximum atomic E-state index is 14.0. The fourth-order valence-corrected chi connectivity index (χ4v) is 5.29. The van der Waals surface area contributed by atoms with E-state index < -0.39 is 77.1 Å². The van der Waals surface area contributed by atoms with Crippen LogP contribution in [0, 0.1) is 0 Å². The van der Waals surface area contributed by atoms with Gasteiger partial charge in [-0.3, -0.25) is 4.90 Å². The Morgan fingerprint density at radius 3 is 1.96 bits per heavy atom. The molecule has 0 unspecified atom stereocenters. The molecule has 0 radical (unpaired) electrons. The lowest BCUT2D eigenvalue weighted by molar-refractivity contribution is -0.143. The minimum Gasteiger partial charge on any atom is -0.446 e. The molecule has 4 rings (SSSR count). The number of anilines is 2. The number of halogens is 9. The van der Waals surface area contributed by atoms with Crippen LogP contribution in [-0.4, -0.2) is 38.4 Å². The molecule has 0 saturated heterocycles. The van der Waals surface area contributed by atoms with Crippen molar-refractivity contribution in [2.45, 2.75) is 103 Å². The predicted molar refractivity (Wildman–Crippen MR) is 152 cm³/mol. The van der Waals surface area contributed by atoms with Crippen LogP contribution in [-0.2, 0) is 35.3 Å². The number of hydrogen-bond acceptors (Lipinski definition) is 6. The summed E-state index contributed by atoms with van der Waals surface area (Å²) in [4.78, 5) is 16.9. The van der Waals surface area contributed by atoms with Crippen LogP contribution in [0.4, 0.5) is 55.9 Å². The molecule has 258 valence electrons. The van der Waals surface area contributed by atoms with E-state index >= 15 is 0 Å². The van der Waals surface area contributed by atoms with Crippen LogP contribution in [0.3, 0.4) is 0 Å². The number of benzene rings is 2. The summed E-state index contributed by atoms with van der Waals surface area (Å²) in [5, 5.41) is 12.3. The van der Waals surface area contributed by atoms with Crippen LogP contribution in [0.1, 0.15) is 88.2 Å². The first-order valence-corrected chi connectivity index (χ1v) is 14.6. The van der Waals surface area contributed by atoms with Crippen LogP contribution >= 0.6 is 0 Å². The number of rotatable bonds is 6. The second-order valence-corrected chi connectivity index (χ2v) is 12.5. The summed E-state index contributed by atoms with van der Waals surface area (Å²) in [5.41, 5.74) is -5.49. The molecule has 0 saturated carbocycles. The maximum Gasteiger partial charge on any atom is 0.416 e. The third-order valence-electron chi connectivity index (χ3n) is 7.47. The molecule has 2 heterocycles. The molecule has 3 aromatic rings. The van der Waals surface area contributed by atoms with E-state index in [9.17, 15) is 44.3 Å². The molecule has 0 N–H and O–H groups in total. The molecular weight excluding hydrogens is 647 g/mol. The van der Waals surface area contributed by atoms with Gasteiger partial charge in [-0.15, -0.1) is 5.10 Å². The molecule has 17 heteroatoms. The molecule has 0 aliphatic carbocycles. The van der Waals surface area contributed by atoms with E-state index in [1.54, 1.807) is 41.5 Å². The van der Waals surface area contributed by atoms with Gasteiger partial charge < -0.3 is 9.64 Å². The summed E-state index contributed by atoms with van der Waals surface area (Å²) in [5.74, 6) is -0.257. The Labute approximate surface area is 264 Å². The second-order valence-electron chi connectivity index (χ2n) is 12.5. The van der Waals surface area contributed by atoms with Gasteiger partial charge in [-0.05, 0) is 100 Å². The molecule has 0 spiro atoms. The Morgan fingerprint density at radius 1 is 0.915 bits per heavy atom. The standard InChI is InChI=1S/C30H33F9N6O2/c1-7-21-14-24(22-13-18(28(31,32)33)8-9-23(22)44(21)26(46)47-16(2)3)43(25-40-42-45(41-25)27(4,5)6)15-17-10-19(29(34,35)36)12-20(11-17)30(37,38)39/h8-13,16,21,24H,7,14-15H2,1-6H3/t21-,24+/m1/s1. The van der Waals surface area contributed by atoms with E-state index in [4.69, 9.17) is 4.74 Å². The molecule has 1 aliphatic rings. The third kappa shape index (κ3) is 7.92. The minimum absolute atomic E-state index is 0.0151. The predicted octanol–water partition coefficient (Wildman–Crippen LogP) is 8.77. The summed E-state index contributed by atoms with van der Waals surface area (Å²) in [7, 11) is 0. The van der Waals surface area contributed by atoms with E-state index in [1.165, 1.54) is 14.6 Å². The number of carbonyl (C=O) groups excluding carboxylic acids is 1. The first-order valence-electron chi connectivity index (χ1n) is 14.6. The third-order valence-corrected chi connectivity index (χ3v) is 7.47. The smallest absolute Gasteiger partial charge is 0.416 e. The van der Waals surface area contributed by atoms with Crippen LogP contribution in [0.15, 0.2) is 36.4 Å². The highest BCUT2D eigenvalue weighted by atomic mass is 19.4. The van der Waals surface area contributed by atoms with Crippen molar-refractivity contribution >= 4 is 17.7 Å². The number of amides is 1. The summed E-state index contributed by atoms with van der Waals surface area (Å²) in [6.45, 7) is 9.35. The maximum absolute atomic E-state index is 14.0. The van der Waals surface area contributed by atoms with Gasteiger partial charge in [0.1, 0.15) is 0 Å². The van der Waals surface area contributed by atoms with Crippen molar-refractivity contribution in [1.29, 1.82) is 0 Å². The van der Waals surface area contributed by atoms with Gasteiger partial charge in [-0.1, -0.05) is 12.0 Å². The summed E-state index contributed by atoms with van der Waals surface area (Å²) in [6.07, 6.45) is -16.4. The number of ether oxygens (including phenoxy) is 1. The zero-order valence-corrected chi connectivity index (χ0v) is 26.2. The fourth-order valence-electron chi connectivity index (χ4n) is 5.29. The monoisotopic (exact) mass is 680 g/mol. The van der Waals surface area contributed by atoms with Crippen molar-refractivity contribution in [1.82, 2.24) is 20.2 Å². The topological polar surface area (TPSA) is 76.4 Å². The molecule has 8 nitrogen and oxygen atoms in total. The number of tetrazole rings is 1. The highest BCUT2D eigenvalue weighted by Gasteiger charge is 2.43. The molecule has 1 amide bonds. The molecule has 1 aromatic heterocycles. The molecule has 0 bridgehead atoms. The van der Waals surface area contributed by atoms with Gasteiger partial charge in [0.25, 0.3) is 5.95 Å². The lowest BCUT2D eigenvalue weighted by Gasteiger charge is -2.44. The summed E-state index contributed by atoms with van der Waals surface area (Å²) >= 11 is 0. The summed E-state index contributed by atoms with van der Waals surface area (Å²) < 4.78 is 130. The van der Waals surface area contributed by atoms with Crippen molar-refractivity contribution in [3.05, 3.63) is 64.2 Å². The number of alkyl halides is 9. The van der Waals surface area contributed by atoms with Crippen molar-refractivity contribution < 1.29 is 49.0 Å². The van der Waals surface area contributed by atoms with E-state index in [0.717, 1.165) is 18.2 Å². The second kappa shape index (κ2) is 12.5. The molecule has 1 aliphatic heterocycles. The Balaban J connectivity index is 1.98. The van der Waals surface area contributed by atoms with Gasteiger partial charge >= 0.3 is 24.6 Å². The zero-order chi connectivity index (χ0) is 35.3. The average molecular weight is 681 g/mol. The lowest BCUT2D eigenvalue weighted by Crippen LogP contribution is -2.48. The van der Waals surface area contributed by atoms with Crippen molar-refractivity contribution in [2.24, 2.45) is 0 Å². The Bertz CT molecular complexity index is 1560. The van der Waals surface area contributed by atoms with Gasteiger partial charge in [-0.25, -0.2) is 4.79 Å². The van der Waals surface area contributed by atoms with Gasteiger partial charge in [-0.2, -0.15) is 44.3 Å². The van der Waals surface area contributed by atoms with Crippen molar-refractivity contribution in [3.8, 4) is 0 Å². The van der Waals surface area contributed by atoms with Crippen LogP contribution < -0.4 is 9.80 Å². The molecule has 2 atom stereocenters. The van der Waals surface area contributed by atoms with E-state index in [-0.39, 0.29) is 36.1 Å².